The number of nitrogens with zero attached hydrogens (tertiary/aromatic N) is 4. The van der Waals surface area contributed by atoms with E-state index in [4.69, 9.17) is 0 Å². The molecule has 3 aromatic rings. The van der Waals surface area contributed by atoms with Crippen LogP contribution in [0.5, 0.6) is 0 Å². The molecule has 1 aromatic heterocycles. The molecule has 0 saturated carbocycles. The van der Waals surface area contributed by atoms with Gasteiger partial charge in [-0.15, -0.1) is 5.10 Å². The monoisotopic (exact) mass is 389 g/mol. The Bertz CT molecular complexity index is 1010. The highest BCUT2D eigenvalue weighted by atomic mass is 16.2. The summed E-state index contributed by atoms with van der Waals surface area (Å²) >= 11 is 0. The number of amides is 1. The predicted molar refractivity (Wildman–Crippen MR) is 113 cm³/mol. The van der Waals surface area contributed by atoms with Crippen molar-refractivity contribution >= 4 is 5.91 Å². The summed E-state index contributed by atoms with van der Waals surface area (Å²) in [5, 5.41) is 11.4. The molecule has 0 bridgehead atoms. The van der Waals surface area contributed by atoms with E-state index in [-0.39, 0.29) is 11.9 Å². The van der Waals surface area contributed by atoms with Gasteiger partial charge in [-0.05, 0) is 49.9 Å². The van der Waals surface area contributed by atoms with Crippen LogP contribution in [0.15, 0.2) is 48.5 Å². The molecule has 29 heavy (non-hydrogen) atoms. The zero-order chi connectivity index (χ0) is 20.4. The van der Waals surface area contributed by atoms with E-state index >= 15 is 0 Å². The van der Waals surface area contributed by atoms with Crippen molar-refractivity contribution in [3.63, 3.8) is 0 Å². The van der Waals surface area contributed by atoms with Crippen LogP contribution in [0.4, 0.5) is 0 Å². The van der Waals surface area contributed by atoms with Gasteiger partial charge < -0.3 is 5.32 Å². The SMILES string of the molecule is Cc1c(C(=O)NC(C)C)nnn1-c1cccc2c1CCN(Cc1ccccc1)C2. The average Bonchev–Trinajstić information content (AvgIpc) is 3.09. The van der Waals surface area contributed by atoms with Gasteiger partial charge in [0.25, 0.3) is 5.91 Å². The van der Waals surface area contributed by atoms with Gasteiger partial charge >= 0.3 is 0 Å². The Kier molecular flexibility index (Phi) is 5.45. The number of aromatic nitrogens is 3. The molecular weight excluding hydrogens is 362 g/mol. The van der Waals surface area contributed by atoms with E-state index in [9.17, 15) is 4.79 Å². The molecule has 0 unspecified atom stereocenters. The number of hydrogen-bond acceptors (Lipinski definition) is 4. The van der Waals surface area contributed by atoms with Gasteiger partial charge in [0.05, 0.1) is 11.4 Å². The molecule has 0 radical (unpaired) electrons. The predicted octanol–water partition coefficient (Wildman–Crippen LogP) is 3.27. The Labute approximate surface area is 171 Å². The Morgan fingerprint density at radius 3 is 2.69 bits per heavy atom. The van der Waals surface area contributed by atoms with Gasteiger partial charge in [-0.25, -0.2) is 4.68 Å². The molecule has 2 aromatic carbocycles. The lowest BCUT2D eigenvalue weighted by atomic mass is 9.97. The van der Waals surface area contributed by atoms with Crippen LogP contribution < -0.4 is 5.32 Å². The van der Waals surface area contributed by atoms with E-state index in [1.807, 2.05) is 20.8 Å². The second-order valence-corrected chi connectivity index (χ2v) is 7.92. The fraction of sp³-hybridized carbons (Fsp3) is 0.348. The van der Waals surface area contributed by atoms with Gasteiger partial charge in [-0.1, -0.05) is 47.7 Å². The minimum Gasteiger partial charge on any atom is -0.348 e. The molecule has 0 fully saturated rings. The van der Waals surface area contributed by atoms with Crippen LogP contribution in [0.3, 0.4) is 0 Å². The van der Waals surface area contributed by atoms with Crippen molar-refractivity contribution in [1.29, 1.82) is 0 Å². The van der Waals surface area contributed by atoms with E-state index in [0.29, 0.717) is 5.69 Å². The zero-order valence-corrected chi connectivity index (χ0v) is 17.2. The van der Waals surface area contributed by atoms with E-state index in [1.165, 1.54) is 16.7 Å². The van der Waals surface area contributed by atoms with Gasteiger partial charge in [0.1, 0.15) is 0 Å². The Balaban J connectivity index is 1.58. The van der Waals surface area contributed by atoms with Crippen molar-refractivity contribution in [2.24, 2.45) is 0 Å². The van der Waals surface area contributed by atoms with E-state index in [2.05, 4.69) is 69.1 Å². The fourth-order valence-electron chi connectivity index (χ4n) is 3.92. The zero-order valence-electron chi connectivity index (χ0n) is 17.2. The van der Waals surface area contributed by atoms with E-state index in [0.717, 1.165) is 37.4 Å². The van der Waals surface area contributed by atoms with Crippen LogP contribution in [0, 0.1) is 6.92 Å². The second-order valence-electron chi connectivity index (χ2n) is 7.92. The number of rotatable bonds is 5. The Morgan fingerprint density at radius 2 is 1.93 bits per heavy atom. The summed E-state index contributed by atoms with van der Waals surface area (Å²) in [6.07, 6.45) is 0.950. The molecule has 0 atom stereocenters. The third-order valence-corrected chi connectivity index (χ3v) is 5.33. The van der Waals surface area contributed by atoms with Crippen molar-refractivity contribution in [2.45, 2.75) is 46.3 Å². The lowest BCUT2D eigenvalue weighted by Crippen LogP contribution is -2.31. The molecule has 1 N–H and O–H groups in total. The number of benzene rings is 2. The van der Waals surface area contributed by atoms with Crippen LogP contribution >= 0.6 is 0 Å². The maximum atomic E-state index is 12.4. The molecule has 1 amide bonds. The summed E-state index contributed by atoms with van der Waals surface area (Å²) in [6, 6.07) is 17.0. The standard InChI is InChI=1S/C23H27N5O/c1-16(2)24-23(29)22-17(3)28(26-25-22)21-11-7-10-19-15-27(13-12-20(19)21)14-18-8-5-4-6-9-18/h4-11,16H,12-15H2,1-3H3,(H,24,29). The van der Waals surface area contributed by atoms with Gasteiger partial charge in [0.15, 0.2) is 5.69 Å². The summed E-state index contributed by atoms with van der Waals surface area (Å²) in [6.45, 7) is 8.63. The summed E-state index contributed by atoms with van der Waals surface area (Å²) in [5.41, 5.74) is 6.12. The first-order chi connectivity index (χ1) is 14.0. The third-order valence-electron chi connectivity index (χ3n) is 5.33. The van der Waals surface area contributed by atoms with Crippen molar-refractivity contribution in [3.8, 4) is 5.69 Å². The minimum absolute atomic E-state index is 0.0622. The van der Waals surface area contributed by atoms with E-state index in [1.54, 1.807) is 4.68 Å². The summed E-state index contributed by atoms with van der Waals surface area (Å²) in [7, 11) is 0. The molecule has 6 heteroatoms. The van der Waals surface area contributed by atoms with Crippen LogP contribution in [0.1, 0.15) is 46.7 Å². The molecule has 2 heterocycles. The number of carbonyl (C=O) groups is 1. The normalized spacial score (nSPS) is 14.1. The quantitative estimate of drug-likeness (QED) is 0.727. The maximum absolute atomic E-state index is 12.4. The second kappa shape index (κ2) is 8.17. The highest BCUT2D eigenvalue weighted by Crippen LogP contribution is 2.27. The topological polar surface area (TPSA) is 63.1 Å². The lowest BCUT2D eigenvalue weighted by Gasteiger charge is -2.30. The molecule has 1 aliphatic heterocycles. The van der Waals surface area contributed by atoms with Gasteiger partial charge in [0, 0.05) is 25.7 Å². The number of nitrogens with one attached hydrogen (secondary N) is 1. The van der Waals surface area contributed by atoms with Crippen molar-refractivity contribution in [3.05, 3.63) is 76.6 Å². The third kappa shape index (κ3) is 4.07. The highest BCUT2D eigenvalue weighted by Gasteiger charge is 2.23. The fourth-order valence-corrected chi connectivity index (χ4v) is 3.92. The molecule has 4 rings (SSSR count). The average molecular weight is 390 g/mol. The highest BCUT2D eigenvalue weighted by molar-refractivity contribution is 5.93. The lowest BCUT2D eigenvalue weighted by molar-refractivity contribution is 0.0937. The molecule has 1 aliphatic rings. The van der Waals surface area contributed by atoms with Gasteiger partial charge in [-0.3, -0.25) is 9.69 Å². The molecule has 6 nitrogen and oxygen atoms in total. The summed E-state index contributed by atoms with van der Waals surface area (Å²) in [4.78, 5) is 14.9. The molecule has 150 valence electrons. The molecule has 0 spiro atoms. The smallest absolute Gasteiger partial charge is 0.273 e. The van der Waals surface area contributed by atoms with Crippen molar-refractivity contribution < 1.29 is 4.79 Å². The molecule has 0 aliphatic carbocycles. The Hall–Kier alpha value is -2.99. The first-order valence-electron chi connectivity index (χ1n) is 10.1. The summed E-state index contributed by atoms with van der Waals surface area (Å²) < 4.78 is 1.81. The van der Waals surface area contributed by atoms with Gasteiger partial charge in [-0.2, -0.15) is 0 Å². The van der Waals surface area contributed by atoms with E-state index < -0.39 is 0 Å². The van der Waals surface area contributed by atoms with Crippen molar-refractivity contribution in [2.75, 3.05) is 6.54 Å². The number of fused-ring (bicyclic) bond motifs is 1. The largest absolute Gasteiger partial charge is 0.348 e. The number of hydrogen-bond donors (Lipinski definition) is 1. The number of carbonyl (C=O) groups excluding carboxylic acids is 1. The van der Waals surface area contributed by atoms with Crippen molar-refractivity contribution in [1.82, 2.24) is 25.2 Å². The first-order valence-corrected chi connectivity index (χ1v) is 10.1. The maximum Gasteiger partial charge on any atom is 0.273 e. The van der Waals surface area contributed by atoms with Crippen LogP contribution in [0.2, 0.25) is 0 Å². The molecule has 0 saturated heterocycles. The van der Waals surface area contributed by atoms with Gasteiger partial charge in [0.2, 0.25) is 0 Å². The minimum atomic E-state index is -0.178. The summed E-state index contributed by atoms with van der Waals surface area (Å²) in [5.74, 6) is -0.178. The molecular formula is C23H27N5O. The van der Waals surface area contributed by atoms with Crippen LogP contribution in [-0.2, 0) is 19.5 Å². The van der Waals surface area contributed by atoms with Crippen LogP contribution in [-0.4, -0.2) is 38.4 Å². The first kappa shape index (κ1) is 19.3. The Morgan fingerprint density at radius 1 is 1.14 bits per heavy atom. The van der Waals surface area contributed by atoms with Crippen LogP contribution in [0.25, 0.3) is 5.69 Å².